The normalized spacial score (nSPS) is 12.5. The molecule has 0 spiro atoms. The van der Waals surface area contributed by atoms with E-state index in [9.17, 15) is 4.79 Å². The number of nitrogens with zero attached hydrogens (tertiary/aromatic N) is 2. The molecule has 0 aliphatic carbocycles. The van der Waals surface area contributed by atoms with Crippen molar-refractivity contribution in [1.29, 1.82) is 0 Å². The van der Waals surface area contributed by atoms with E-state index in [2.05, 4.69) is 24.3 Å². The van der Waals surface area contributed by atoms with Gasteiger partial charge in [0.15, 0.2) is 0 Å². The molecule has 0 aliphatic rings. The summed E-state index contributed by atoms with van der Waals surface area (Å²) in [5, 5.41) is 8.38. The van der Waals surface area contributed by atoms with Gasteiger partial charge in [0.25, 0.3) is 0 Å². The molecule has 124 valence electrons. The van der Waals surface area contributed by atoms with Gasteiger partial charge in [0.05, 0.1) is 11.7 Å². The fraction of sp³-hybridized carbons (Fsp3) is 0.263. The van der Waals surface area contributed by atoms with Crippen LogP contribution in [0.2, 0.25) is 0 Å². The van der Waals surface area contributed by atoms with Crippen LogP contribution in [0.5, 0.6) is 0 Å². The molecule has 0 saturated heterocycles. The molecule has 3 aromatic rings. The van der Waals surface area contributed by atoms with E-state index in [0.29, 0.717) is 0 Å². The number of rotatable bonds is 5. The molecule has 5 heteroatoms. The van der Waals surface area contributed by atoms with E-state index < -0.39 is 0 Å². The maximum atomic E-state index is 12.3. The molecule has 1 unspecified atom stereocenters. The van der Waals surface area contributed by atoms with Crippen LogP contribution >= 0.6 is 0 Å². The molecule has 0 fully saturated rings. The molecule has 24 heavy (non-hydrogen) atoms. The predicted molar refractivity (Wildman–Crippen MR) is 96.7 cm³/mol. The van der Waals surface area contributed by atoms with Crippen molar-refractivity contribution in [1.82, 2.24) is 9.78 Å². The average Bonchev–Trinajstić information content (AvgIpc) is 2.99. The number of hydrogen-bond acceptors (Lipinski definition) is 3. The first kappa shape index (κ1) is 16.2. The van der Waals surface area contributed by atoms with Crippen molar-refractivity contribution in [3.8, 4) is 0 Å². The third-order valence-electron chi connectivity index (χ3n) is 4.00. The summed E-state index contributed by atoms with van der Waals surface area (Å²) in [7, 11) is 0. The number of amides is 1. The second-order valence-electron chi connectivity index (χ2n) is 6.23. The molecule has 0 aliphatic heterocycles. The minimum Gasteiger partial charge on any atom is -0.326 e. The zero-order chi connectivity index (χ0) is 17.1. The lowest BCUT2D eigenvalue weighted by atomic mass is 10.0. The highest BCUT2D eigenvalue weighted by Crippen LogP contribution is 2.22. The molecule has 1 amide bonds. The molecule has 5 nitrogen and oxygen atoms in total. The van der Waals surface area contributed by atoms with Gasteiger partial charge in [-0.15, -0.1) is 0 Å². The van der Waals surface area contributed by atoms with Crippen LogP contribution in [0.15, 0.2) is 54.7 Å². The van der Waals surface area contributed by atoms with Crippen molar-refractivity contribution in [2.75, 3.05) is 5.32 Å². The van der Waals surface area contributed by atoms with Gasteiger partial charge in [0.2, 0.25) is 5.91 Å². The topological polar surface area (TPSA) is 72.9 Å². The lowest BCUT2D eigenvalue weighted by Crippen LogP contribution is -2.20. The molecular formula is C19H22N4O. The van der Waals surface area contributed by atoms with Gasteiger partial charge in [0.1, 0.15) is 0 Å². The van der Waals surface area contributed by atoms with Gasteiger partial charge in [-0.3, -0.25) is 9.48 Å². The van der Waals surface area contributed by atoms with Crippen LogP contribution in [0, 0.1) is 0 Å². The third-order valence-corrected chi connectivity index (χ3v) is 4.00. The van der Waals surface area contributed by atoms with E-state index in [-0.39, 0.29) is 24.4 Å². The Balaban J connectivity index is 1.72. The number of nitrogens with one attached hydrogen (secondary N) is 1. The van der Waals surface area contributed by atoms with Crippen LogP contribution in [0.1, 0.15) is 37.9 Å². The summed E-state index contributed by atoms with van der Waals surface area (Å²) in [5.74, 6) is -0.0960. The van der Waals surface area contributed by atoms with Crippen LogP contribution in [-0.2, 0) is 4.79 Å². The standard InChI is InChI=1S/C19H22N4O/c1-13(2)23-18-10-16(9-8-15(18)12-21-23)22-19(24)11-17(20)14-6-4-3-5-7-14/h3-10,12-13,17H,11,20H2,1-2H3,(H,22,24). The monoisotopic (exact) mass is 322 g/mol. The SMILES string of the molecule is CC(C)n1ncc2ccc(NC(=O)CC(N)c3ccccc3)cc21. The number of carbonyl (C=O) groups excluding carboxylic acids is 1. The number of carbonyl (C=O) groups is 1. The van der Waals surface area contributed by atoms with Crippen molar-refractivity contribution in [3.63, 3.8) is 0 Å². The highest BCUT2D eigenvalue weighted by Gasteiger charge is 2.13. The Kier molecular flexibility index (Phi) is 4.62. The summed E-state index contributed by atoms with van der Waals surface area (Å²) < 4.78 is 1.95. The van der Waals surface area contributed by atoms with E-state index in [1.165, 1.54) is 0 Å². The Morgan fingerprint density at radius 3 is 2.67 bits per heavy atom. The molecule has 1 atom stereocenters. The first-order valence-corrected chi connectivity index (χ1v) is 8.12. The van der Waals surface area contributed by atoms with Crippen molar-refractivity contribution >= 4 is 22.5 Å². The molecule has 1 heterocycles. The first-order valence-electron chi connectivity index (χ1n) is 8.12. The first-order chi connectivity index (χ1) is 11.5. The molecule has 0 saturated carbocycles. The van der Waals surface area contributed by atoms with Crippen LogP contribution in [-0.4, -0.2) is 15.7 Å². The zero-order valence-electron chi connectivity index (χ0n) is 13.9. The maximum Gasteiger partial charge on any atom is 0.226 e. The fourth-order valence-corrected chi connectivity index (χ4v) is 2.76. The van der Waals surface area contributed by atoms with E-state index in [1.807, 2.05) is 59.4 Å². The average molecular weight is 322 g/mol. The molecule has 1 aromatic heterocycles. The quantitative estimate of drug-likeness (QED) is 0.753. The molecule has 3 rings (SSSR count). The van der Waals surface area contributed by atoms with E-state index >= 15 is 0 Å². The smallest absolute Gasteiger partial charge is 0.226 e. The molecule has 0 radical (unpaired) electrons. The summed E-state index contributed by atoms with van der Waals surface area (Å²) in [4.78, 5) is 12.3. The minimum atomic E-state index is -0.309. The second kappa shape index (κ2) is 6.84. The predicted octanol–water partition coefficient (Wildman–Crippen LogP) is 3.65. The van der Waals surface area contributed by atoms with Gasteiger partial charge in [0, 0.05) is 29.6 Å². The number of hydrogen-bond donors (Lipinski definition) is 2. The number of benzene rings is 2. The van der Waals surface area contributed by atoms with Crippen LogP contribution in [0.25, 0.3) is 10.9 Å². The fourth-order valence-electron chi connectivity index (χ4n) is 2.76. The van der Waals surface area contributed by atoms with E-state index in [4.69, 9.17) is 5.73 Å². The van der Waals surface area contributed by atoms with E-state index in [1.54, 1.807) is 0 Å². The third kappa shape index (κ3) is 3.46. The summed E-state index contributed by atoms with van der Waals surface area (Å²) in [6.45, 7) is 4.16. The number of fused-ring (bicyclic) bond motifs is 1. The largest absolute Gasteiger partial charge is 0.326 e. The molecule has 3 N–H and O–H groups in total. The Hall–Kier alpha value is -2.66. The second-order valence-corrected chi connectivity index (χ2v) is 6.23. The lowest BCUT2D eigenvalue weighted by molar-refractivity contribution is -0.116. The van der Waals surface area contributed by atoms with Gasteiger partial charge in [-0.2, -0.15) is 5.10 Å². The van der Waals surface area contributed by atoms with Crippen LogP contribution < -0.4 is 11.1 Å². The summed E-state index contributed by atoms with van der Waals surface area (Å²) in [6.07, 6.45) is 2.08. The summed E-state index contributed by atoms with van der Waals surface area (Å²) >= 11 is 0. The van der Waals surface area contributed by atoms with Gasteiger partial charge in [-0.05, 0) is 37.6 Å². The van der Waals surface area contributed by atoms with Crippen molar-refractivity contribution in [2.45, 2.75) is 32.4 Å². The number of nitrogens with two attached hydrogens (primary N) is 1. The number of aromatic nitrogens is 2. The van der Waals surface area contributed by atoms with Crippen LogP contribution in [0.3, 0.4) is 0 Å². The van der Waals surface area contributed by atoms with E-state index in [0.717, 1.165) is 22.2 Å². The Labute approximate surface area is 141 Å². The van der Waals surface area contributed by atoms with Crippen LogP contribution in [0.4, 0.5) is 5.69 Å². The maximum absolute atomic E-state index is 12.3. The number of anilines is 1. The van der Waals surface area contributed by atoms with Gasteiger partial charge in [-0.1, -0.05) is 30.3 Å². The highest BCUT2D eigenvalue weighted by atomic mass is 16.1. The van der Waals surface area contributed by atoms with Crippen molar-refractivity contribution in [2.24, 2.45) is 5.73 Å². The summed E-state index contributed by atoms with van der Waals surface area (Å²) in [6, 6.07) is 15.4. The molecule has 2 aromatic carbocycles. The zero-order valence-corrected chi connectivity index (χ0v) is 13.9. The van der Waals surface area contributed by atoms with Gasteiger partial charge >= 0.3 is 0 Å². The van der Waals surface area contributed by atoms with Crippen molar-refractivity contribution < 1.29 is 4.79 Å². The lowest BCUT2D eigenvalue weighted by Gasteiger charge is -2.13. The summed E-state index contributed by atoms with van der Waals surface area (Å²) in [5.41, 5.74) is 8.84. The Bertz CT molecular complexity index is 839. The van der Waals surface area contributed by atoms with Gasteiger partial charge < -0.3 is 11.1 Å². The molecule has 0 bridgehead atoms. The molecular weight excluding hydrogens is 300 g/mol. The Morgan fingerprint density at radius 2 is 1.96 bits per heavy atom. The highest BCUT2D eigenvalue weighted by molar-refractivity contribution is 5.93. The van der Waals surface area contributed by atoms with Gasteiger partial charge in [-0.25, -0.2) is 0 Å². The minimum absolute atomic E-state index is 0.0960. The Morgan fingerprint density at radius 1 is 1.21 bits per heavy atom. The van der Waals surface area contributed by atoms with Crippen molar-refractivity contribution in [3.05, 3.63) is 60.3 Å².